The quantitative estimate of drug-likeness (QED) is 0.643. The summed E-state index contributed by atoms with van der Waals surface area (Å²) in [5, 5.41) is 14.4. The lowest BCUT2D eigenvalue weighted by Crippen LogP contribution is -2.43. The number of carbonyl (C=O) groups excluding carboxylic acids is 2. The third kappa shape index (κ3) is 3.81. The fourth-order valence-electron chi connectivity index (χ4n) is 4.00. The number of rotatable bonds is 4. The first kappa shape index (κ1) is 19.8. The average molecular weight is 404 g/mol. The van der Waals surface area contributed by atoms with Crippen molar-refractivity contribution in [1.82, 2.24) is 4.90 Å². The van der Waals surface area contributed by atoms with Gasteiger partial charge in [0.2, 0.25) is 5.91 Å². The Bertz CT molecular complexity index is 1100. The maximum Gasteiger partial charge on any atom is 0.254 e. The van der Waals surface area contributed by atoms with Gasteiger partial charge in [-0.05, 0) is 42.5 Å². The summed E-state index contributed by atoms with van der Waals surface area (Å²) in [6.45, 7) is 0.957. The van der Waals surface area contributed by atoms with Crippen LogP contribution in [0.4, 0.5) is 5.69 Å². The fraction of sp³-hybridized carbons (Fsp3) is 0.250. The second kappa shape index (κ2) is 8.45. The summed E-state index contributed by atoms with van der Waals surface area (Å²) in [5.74, 6) is 0.148. The van der Waals surface area contributed by atoms with Gasteiger partial charge >= 0.3 is 0 Å². The molecule has 1 aliphatic rings. The molecule has 6 nitrogen and oxygen atoms in total. The number of nitrogens with one attached hydrogen (secondary N) is 1. The van der Waals surface area contributed by atoms with Crippen LogP contribution in [0.25, 0.3) is 10.8 Å². The minimum Gasteiger partial charge on any atom is -0.506 e. The third-order valence-corrected chi connectivity index (χ3v) is 5.58. The van der Waals surface area contributed by atoms with E-state index in [1.54, 1.807) is 36.3 Å². The Morgan fingerprint density at radius 1 is 1.03 bits per heavy atom. The molecule has 30 heavy (non-hydrogen) atoms. The van der Waals surface area contributed by atoms with E-state index < -0.39 is 0 Å². The van der Waals surface area contributed by atoms with E-state index in [-0.39, 0.29) is 23.5 Å². The Labute approximate surface area is 175 Å². The van der Waals surface area contributed by atoms with Gasteiger partial charge in [-0.2, -0.15) is 0 Å². The van der Waals surface area contributed by atoms with Crippen LogP contribution in [0.1, 0.15) is 23.2 Å². The Morgan fingerprint density at radius 2 is 1.77 bits per heavy atom. The van der Waals surface area contributed by atoms with Gasteiger partial charge in [0.25, 0.3) is 5.91 Å². The molecular formula is C24H24N2O4. The molecule has 2 N–H and O–H groups in total. The Hall–Kier alpha value is -3.54. The first-order chi connectivity index (χ1) is 14.6. The van der Waals surface area contributed by atoms with Gasteiger partial charge in [-0.3, -0.25) is 9.59 Å². The number of fused-ring (bicyclic) bond motifs is 1. The number of piperidine rings is 1. The number of benzene rings is 3. The number of hydrogen-bond acceptors (Lipinski definition) is 4. The van der Waals surface area contributed by atoms with Crippen molar-refractivity contribution in [3.05, 3.63) is 66.2 Å². The van der Waals surface area contributed by atoms with Crippen molar-refractivity contribution in [2.45, 2.75) is 12.8 Å². The van der Waals surface area contributed by atoms with Crippen LogP contribution < -0.4 is 10.1 Å². The van der Waals surface area contributed by atoms with Crippen molar-refractivity contribution in [3.8, 4) is 11.5 Å². The summed E-state index contributed by atoms with van der Waals surface area (Å²) >= 11 is 0. The van der Waals surface area contributed by atoms with Gasteiger partial charge in [0.15, 0.2) is 0 Å². The summed E-state index contributed by atoms with van der Waals surface area (Å²) in [7, 11) is 1.61. The molecule has 1 heterocycles. The topological polar surface area (TPSA) is 78.9 Å². The summed E-state index contributed by atoms with van der Waals surface area (Å²) in [4.78, 5) is 27.8. The molecule has 0 radical (unpaired) electrons. The lowest BCUT2D eigenvalue weighted by atomic mass is 9.95. The summed E-state index contributed by atoms with van der Waals surface area (Å²) in [5.41, 5.74) is 0.986. The molecule has 154 valence electrons. The van der Waals surface area contributed by atoms with Crippen LogP contribution in [0, 0.1) is 5.92 Å². The number of carbonyl (C=O) groups is 2. The minimum atomic E-state index is -0.327. The number of nitrogens with zero attached hydrogens (tertiary/aromatic N) is 1. The van der Waals surface area contributed by atoms with E-state index in [0.29, 0.717) is 30.8 Å². The van der Waals surface area contributed by atoms with E-state index in [9.17, 15) is 14.7 Å². The van der Waals surface area contributed by atoms with E-state index in [1.807, 2.05) is 30.3 Å². The van der Waals surface area contributed by atoms with Crippen molar-refractivity contribution in [2.75, 3.05) is 25.5 Å². The predicted octanol–water partition coefficient (Wildman–Crippen LogP) is 4.04. The maximum atomic E-state index is 13.3. The van der Waals surface area contributed by atoms with Gasteiger partial charge in [-0.15, -0.1) is 0 Å². The van der Waals surface area contributed by atoms with Gasteiger partial charge in [0.05, 0.1) is 18.7 Å². The van der Waals surface area contributed by atoms with Gasteiger partial charge in [0, 0.05) is 24.0 Å². The number of anilines is 1. The highest BCUT2D eigenvalue weighted by Gasteiger charge is 2.30. The highest BCUT2D eigenvalue weighted by atomic mass is 16.5. The van der Waals surface area contributed by atoms with Crippen LogP contribution in [-0.2, 0) is 4.79 Å². The van der Waals surface area contributed by atoms with Gasteiger partial charge in [-0.25, -0.2) is 0 Å². The maximum absolute atomic E-state index is 13.3. The summed E-state index contributed by atoms with van der Waals surface area (Å²) in [6.07, 6.45) is 1.45. The summed E-state index contributed by atoms with van der Waals surface area (Å²) < 4.78 is 5.42. The van der Waals surface area contributed by atoms with Gasteiger partial charge in [-0.1, -0.05) is 36.4 Å². The molecule has 1 unspecified atom stereocenters. The van der Waals surface area contributed by atoms with Crippen LogP contribution in [0.3, 0.4) is 0 Å². The number of methoxy groups -OCH3 is 1. The number of hydrogen-bond donors (Lipinski definition) is 2. The molecule has 0 bridgehead atoms. The standard InChI is InChI=1S/C24H24N2O4/c1-30-22-13-12-19(17-8-2-3-9-18(17)22)24(29)26-14-6-7-16(15-26)23(28)25-20-10-4-5-11-21(20)27/h2-5,8-13,16,27H,6-7,14-15H2,1H3,(H,25,28). The summed E-state index contributed by atoms with van der Waals surface area (Å²) in [6, 6.07) is 17.9. The zero-order chi connectivity index (χ0) is 21.1. The van der Waals surface area contributed by atoms with E-state index in [0.717, 1.165) is 22.9 Å². The van der Waals surface area contributed by atoms with Crippen molar-refractivity contribution in [1.29, 1.82) is 0 Å². The third-order valence-electron chi connectivity index (χ3n) is 5.58. The number of phenolic OH excluding ortho intramolecular Hbond substituents is 1. The number of amides is 2. The van der Waals surface area contributed by atoms with E-state index >= 15 is 0 Å². The van der Waals surface area contributed by atoms with Crippen molar-refractivity contribution in [3.63, 3.8) is 0 Å². The van der Waals surface area contributed by atoms with E-state index in [4.69, 9.17) is 4.74 Å². The molecule has 0 spiro atoms. The highest BCUT2D eigenvalue weighted by Crippen LogP contribution is 2.30. The van der Waals surface area contributed by atoms with Gasteiger partial charge in [0.1, 0.15) is 11.5 Å². The predicted molar refractivity (Wildman–Crippen MR) is 116 cm³/mol. The lowest BCUT2D eigenvalue weighted by Gasteiger charge is -2.32. The van der Waals surface area contributed by atoms with Crippen molar-refractivity contribution < 1.29 is 19.4 Å². The molecule has 0 aromatic heterocycles. The molecule has 0 aliphatic carbocycles. The fourth-order valence-corrected chi connectivity index (χ4v) is 4.00. The van der Waals surface area contributed by atoms with Crippen LogP contribution in [-0.4, -0.2) is 42.0 Å². The first-order valence-electron chi connectivity index (χ1n) is 10.0. The Kier molecular flexibility index (Phi) is 5.57. The number of phenols is 1. The zero-order valence-electron chi connectivity index (χ0n) is 16.8. The van der Waals surface area contributed by atoms with E-state index in [1.165, 1.54) is 6.07 Å². The van der Waals surface area contributed by atoms with Crippen molar-refractivity contribution in [2.24, 2.45) is 5.92 Å². The number of aromatic hydroxyl groups is 1. The molecule has 4 rings (SSSR count). The second-order valence-corrected chi connectivity index (χ2v) is 7.46. The normalized spacial score (nSPS) is 16.3. The Morgan fingerprint density at radius 3 is 2.53 bits per heavy atom. The monoisotopic (exact) mass is 404 g/mol. The highest BCUT2D eigenvalue weighted by molar-refractivity contribution is 6.08. The zero-order valence-corrected chi connectivity index (χ0v) is 16.8. The van der Waals surface area contributed by atoms with Crippen LogP contribution in [0.15, 0.2) is 60.7 Å². The van der Waals surface area contributed by atoms with Crippen LogP contribution >= 0.6 is 0 Å². The molecule has 1 fully saturated rings. The first-order valence-corrected chi connectivity index (χ1v) is 10.0. The molecule has 0 saturated carbocycles. The molecule has 1 aliphatic heterocycles. The Balaban J connectivity index is 1.54. The molecule has 3 aromatic rings. The smallest absolute Gasteiger partial charge is 0.254 e. The minimum absolute atomic E-state index is 0.0271. The molecule has 2 amide bonds. The molecule has 1 atom stereocenters. The second-order valence-electron chi connectivity index (χ2n) is 7.46. The average Bonchev–Trinajstić information content (AvgIpc) is 2.79. The van der Waals surface area contributed by atoms with Crippen LogP contribution in [0.2, 0.25) is 0 Å². The van der Waals surface area contributed by atoms with Crippen molar-refractivity contribution >= 4 is 28.3 Å². The number of likely N-dealkylation sites (tertiary alicyclic amines) is 1. The molecule has 6 heteroatoms. The largest absolute Gasteiger partial charge is 0.506 e. The van der Waals surface area contributed by atoms with E-state index in [2.05, 4.69) is 5.32 Å². The SMILES string of the molecule is COc1ccc(C(=O)N2CCCC(C(=O)Nc3ccccc3O)C2)c2ccccc12. The van der Waals surface area contributed by atoms with Gasteiger partial charge < -0.3 is 20.1 Å². The van der Waals surface area contributed by atoms with Crippen LogP contribution in [0.5, 0.6) is 11.5 Å². The number of para-hydroxylation sites is 2. The molecule has 1 saturated heterocycles. The lowest BCUT2D eigenvalue weighted by molar-refractivity contribution is -0.121. The molecule has 3 aromatic carbocycles. The number of ether oxygens (including phenoxy) is 1. The molecular weight excluding hydrogens is 380 g/mol.